The fourth-order valence-electron chi connectivity index (χ4n) is 4.42. The zero-order valence-electron chi connectivity index (χ0n) is 14.3. The first kappa shape index (κ1) is 16.1. The molecule has 0 bridgehead atoms. The molecule has 6 nitrogen and oxygen atoms in total. The van der Waals surface area contributed by atoms with Gasteiger partial charge < -0.3 is 9.84 Å². The number of carbonyl (C=O) groups is 1. The number of rotatable bonds is 2. The SMILES string of the molecule is CCO[P@]1(=O)Oc2ccccc2[C@H]2N[C@@]3(C[C@H]21)C(=O)Nc1ccccc13. The summed E-state index contributed by atoms with van der Waals surface area (Å²) in [5.41, 5.74) is 1.26. The maximum Gasteiger partial charge on any atom is 0.384 e. The molecule has 7 heteroatoms. The van der Waals surface area contributed by atoms with Crippen LogP contribution in [0.4, 0.5) is 5.69 Å². The van der Waals surface area contributed by atoms with E-state index >= 15 is 0 Å². The highest BCUT2D eigenvalue weighted by Crippen LogP contribution is 2.67. The van der Waals surface area contributed by atoms with Gasteiger partial charge in [-0.2, -0.15) is 0 Å². The third-order valence-corrected chi connectivity index (χ3v) is 7.88. The van der Waals surface area contributed by atoms with E-state index in [1.165, 1.54) is 0 Å². The van der Waals surface area contributed by atoms with Crippen LogP contribution in [0.1, 0.15) is 30.5 Å². The van der Waals surface area contributed by atoms with Crippen molar-refractivity contribution in [1.29, 1.82) is 0 Å². The number of amides is 1. The molecule has 3 aliphatic heterocycles. The fourth-order valence-corrected chi connectivity index (χ4v) is 6.70. The molecule has 1 spiro atoms. The van der Waals surface area contributed by atoms with Crippen LogP contribution in [-0.2, 0) is 19.4 Å². The lowest BCUT2D eigenvalue weighted by atomic mass is 9.90. The van der Waals surface area contributed by atoms with Crippen molar-refractivity contribution in [3.05, 3.63) is 59.7 Å². The Morgan fingerprint density at radius 1 is 1.23 bits per heavy atom. The third-order valence-electron chi connectivity index (χ3n) is 5.52. The van der Waals surface area contributed by atoms with Crippen molar-refractivity contribution in [1.82, 2.24) is 5.32 Å². The van der Waals surface area contributed by atoms with Gasteiger partial charge in [0.2, 0.25) is 5.91 Å². The maximum atomic E-state index is 13.6. The number of carbonyl (C=O) groups excluding carboxylic acids is 1. The van der Waals surface area contributed by atoms with Gasteiger partial charge in [-0.3, -0.25) is 14.6 Å². The molecule has 134 valence electrons. The average Bonchev–Trinajstić information content (AvgIpc) is 3.17. The molecule has 3 aliphatic rings. The van der Waals surface area contributed by atoms with Crippen LogP contribution in [0.25, 0.3) is 0 Å². The lowest BCUT2D eigenvalue weighted by molar-refractivity contribution is -0.121. The number of anilines is 1. The number of hydrogen-bond donors (Lipinski definition) is 2. The number of fused-ring (bicyclic) bond motifs is 5. The molecule has 2 N–H and O–H groups in total. The van der Waals surface area contributed by atoms with E-state index in [9.17, 15) is 9.36 Å². The first-order valence-corrected chi connectivity index (χ1v) is 10.4. The molecule has 4 atom stereocenters. The minimum atomic E-state index is -3.41. The summed E-state index contributed by atoms with van der Waals surface area (Å²) >= 11 is 0. The predicted molar refractivity (Wildman–Crippen MR) is 97.3 cm³/mol. The smallest absolute Gasteiger partial charge is 0.384 e. The van der Waals surface area contributed by atoms with Crippen LogP contribution in [0.3, 0.4) is 0 Å². The second kappa shape index (κ2) is 5.43. The van der Waals surface area contributed by atoms with Gasteiger partial charge in [-0.15, -0.1) is 0 Å². The van der Waals surface area contributed by atoms with Crippen LogP contribution >= 0.6 is 7.60 Å². The molecule has 0 aromatic heterocycles. The molecule has 2 aromatic carbocycles. The summed E-state index contributed by atoms with van der Waals surface area (Å²) in [5, 5.41) is 6.45. The zero-order chi connectivity index (χ0) is 17.9. The summed E-state index contributed by atoms with van der Waals surface area (Å²) in [4.78, 5) is 12.9. The quantitative estimate of drug-likeness (QED) is 0.791. The van der Waals surface area contributed by atoms with Gasteiger partial charge in [0.25, 0.3) is 0 Å². The second-order valence-corrected chi connectivity index (χ2v) is 9.07. The van der Waals surface area contributed by atoms with Gasteiger partial charge in [0, 0.05) is 16.8 Å². The molecular formula is C19H19N2O4P. The Balaban J connectivity index is 1.67. The summed E-state index contributed by atoms with van der Waals surface area (Å²) in [6, 6.07) is 14.9. The van der Waals surface area contributed by atoms with E-state index in [1.54, 1.807) is 13.0 Å². The molecule has 0 aliphatic carbocycles. The van der Waals surface area contributed by atoms with Gasteiger partial charge in [-0.1, -0.05) is 36.4 Å². The van der Waals surface area contributed by atoms with E-state index in [4.69, 9.17) is 9.05 Å². The minimum Gasteiger partial charge on any atom is -0.424 e. The van der Waals surface area contributed by atoms with Crippen LogP contribution in [0, 0.1) is 0 Å². The molecule has 1 saturated heterocycles. The number of hydrogen-bond acceptors (Lipinski definition) is 5. The molecule has 5 rings (SSSR count). The summed E-state index contributed by atoms with van der Waals surface area (Å²) in [6.45, 7) is 2.09. The lowest BCUT2D eigenvalue weighted by Crippen LogP contribution is -2.44. The molecule has 2 aromatic rings. The van der Waals surface area contributed by atoms with E-state index in [0.29, 0.717) is 18.8 Å². The Bertz CT molecular complexity index is 962. The van der Waals surface area contributed by atoms with Crippen LogP contribution in [0.15, 0.2) is 48.5 Å². The normalized spacial score (nSPS) is 34.0. The van der Waals surface area contributed by atoms with E-state index < -0.39 is 18.8 Å². The number of benzene rings is 2. The number of para-hydroxylation sites is 2. The highest BCUT2D eigenvalue weighted by atomic mass is 31.2. The van der Waals surface area contributed by atoms with Crippen molar-refractivity contribution in [3.8, 4) is 5.75 Å². The Morgan fingerprint density at radius 2 is 2.00 bits per heavy atom. The van der Waals surface area contributed by atoms with E-state index in [2.05, 4.69) is 10.6 Å². The van der Waals surface area contributed by atoms with Gasteiger partial charge in [0.05, 0.1) is 18.3 Å². The van der Waals surface area contributed by atoms with E-state index in [-0.39, 0.29) is 11.9 Å². The van der Waals surface area contributed by atoms with Gasteiger partial charge in [-0.25, -0.2) is 4.57 Å². The average molecular weight is 370 g/mol. The van der Waals surface area contributed by atoms with Gasteiger partial charge >= 0.3 is 7.60 Å². The summed E-state index contributed by atoms with van der Waals surface area (Å²) < 4.78 is 25.0. The van der Waals surface area contributed by atoms with Crippen LogP contribution in [0.5, 0.6) is 5.75 Å². The van der Waals surface area contributed by atoms with Crippen molar-refractivity contribution in [3.63, 3.8) is 0 Å². The number of nitrogens with one attached hydrogen (secondary N) is 2. The first-order valence-electron chi connectivity index (χ1n) is 8.79. The fraction of sp³-hybridized carbons (Fsp3) is 0.316. The maximum absolute atomic E-state index is 13.6. The third kappa shape index (κ3) is 2.01. The van der Waals surface area contributed by atoms with Gasteiger partial charge in [0.1, 0.15) is 11.3 Å². The monoisotopic (exact) mass is 370 g/mol. The molecular weight excluding hydrogens is 351 g/mol. The molecule has 0 radical (unpaired) electrons. The topological polar surface area (TPSA) is 76.7 Å². The largest absolute Gasteiger partial charge is 0.424 e. The van der Waals surface area contributed by atoms with E-state index in [0.717, 1.165) is 16.8 Å². The lowest BCUT2D eigenvalue weighted by Gasteiger charge is -2.34. The summed E-state index contributed by atoms with van der Waals surface area (Å²) in [6.07, 6.45) is 0.367. The van der Waals surface area contributed by atoms with Crippen LogP contribution in [0.2, 0.25) is 0 Å². The summed E-state index contributed by atoms with van der Waals surface area (Å²) in [7, 11) is -3.41. The van der Waals surface area contributed by atoms with Gasteiger partial charge in [0.15, 0.2) is 0 Å². The standard InChI is InChI=1S/C19H19N2O4P/c1-2-24-26(23)16-11-19(13-8-4-5-9-14(13)20-18(19)22)21-17(16)12-7-3-6-10-15(12)25-26/h3-10,16-17,21H,2,11H2,1H3,(H,20,22)/t16-,17-,19-,26+/m1/s1. The van der Waals surface area contributed by atoms with Crippen molar-refractivity contribution in [2.75, 3.05) is 11.9 Å². The van der Waals surface area contributed by atoms with E-state index in [1.807, 2.05) is 42.5 Å². The minimum absolute atomic E-state index is 0.117. The van der Waals surface area contributed by atoms with Crippen LogP contribution in [-0.4, -0.2) is 18.2 Å². The molecule has 0 saturated carbocycles. The zero-order valence-corrected chi connectivity index (χ0v) is 15.2. The molecule has 3 heterocycles. The Hall–Kier alpha value is -2.14. The Labute approximate surface area is 151 Å². The van der Waals surface area contributed by atoms with Crippen molar-refractivity contribution in [2.45, 2.75) is 30.6 Å². The Kier molecular flexibility index (Phi) is 3.35. The Morgan fingerprint density at radius 3 is 2.85 bits per heavy atom. The highest BCUT2D eigenvalue weighted by Gasteiger charge is 2.62. The van der Waals surface area contributed by atoms with Gasteiger partial charge in [-0.05, 0) is 25.5 Å². The molecule has 0 unspecified atom stereocenters. The second-order valence-electron chi connectivity index (χ2n) is 6.89. The summed E-state index contributed by atoms with van der Waals surface area (Å²) in [5.74, 6) is 0.440. The van der Waals surface area contributed by atoms with Crippen LogP contribution < -0.4 is 15.2 Å². The van der Waals surface area contributed by atoms with Crippen molar-refractivity contribution in [2.24, 2.45) is 0 Å². The highest BCUT2D eigenvalue weighted by molar-refractivity contribution is 7.55. The molecule has 1 fully saturated rings. The van der Waals surface area contributed by atoms with Crippen molar-refractivity contribution < 1.29 is 18.4 Å². The molecule has 1 amide bonds. The first-order chi connectivity index (χ1) is 12.6. The predicted octanol–water partition coefficient (Wildman–Crippen LogP) is 3.56. The van der Waals surface area contributed by atoms with Crippen molar-refractivity contribution >= 4 is 19.2 Å². The molecule has 26 heavy (non-hydrogen) atoms.